The average molecular weight is 449 g/mol. The standard InChI is InChI=1S/C26H32N4O3/c1-4-5-15-33-21-11-9-20(10-12-21)23-16-24-26(32)29(13-14-30(24)28-23)17-25(31)27-22-8-6-7-18(2)19(22)3/h6-14,23-24,28H,4-5,15-17H2,1-3H3,(H,27,31). The summed E-state index contributed by atoms with van der Waals surface area (Å²) in [7, 11) is 0. The molecule has 1 fully saturated rings. The third kappa shape index (κ3) is 5.20. The van der Waals surface area contributed by atoms with E-state index in [-0.39, 0.29) is 30.4 Å². The largest absolute Gasteiger partial charge is 0.494 e. The number of carbonyl (C=O) groups is 2. The number of rotatable bonds is 8. The van der Waals surface area contributed by atoms with Crippen molar-refractivity contribution in [3.8, 4) is 5.75 Å². The summed E-state index contributed by atoms with van der Waals surface area (Å²) in [5.41, 5.74) is 7.42. The number of hydrazine groups is 1. The summed E-state index contributed by atoms with van der Waals surface area (Å²) in [4.78, 5) is 27.2. The summed E-state index contributed by atoms with van der Waals surface area (Å²) in [5.74, 6) is 0.569. The quantitative estimate of drug-likeness (QED) is 0.596. The van der Waals surface area contributed by atoms with Crippen LogP contribution in [0.1, 0.15) is 48.9 Å². The highest BCUT2D eigenvalue weighted by molar-refractivity contribution is 5.96. The molecular weight excluding hydrogens is 416 g/mol. The molecule has 0 radical (unpaired) electrons. The molecule has 1 saturated heterocycles. The highest BCUT2D eigenvalue weighted by Gasteiger charge is 2.40. The second kappa shape index (κ2) is 10.1. The Morgan fingerprint density at radius 1 is 1.15 bits per heavy atom. The van der Waals surface area contributed by atoms with Crippen LogP contribution in [0.4, 0.5) is 5.69 Å². The van der Waals surface area contributed by atoms with E-state index in [0.717, 1.165) is 47.6 Å². The SMILES string of the molecule is CCCCOc1ccc(C2CC3C(=O)N(CC(=O)Nc4cccc(C)c4C)C=CN3N2)cc1. The Hall–Kier alpha value is -3.32. The molecule has 2 aromatic rings. The molecule has 7 nitrogen and oxygen atoms in total. The average Bonchev–Trinajstić information content (AvgIpc) is 3.25. The molecule has 7 heteroatoms. The van der Waals surface area contributed by atoms with Crippen LogP contribution >= 0.6 is 0 Å². The van der Waals surface area contributed by atoms with E-state index < -0.39 is 0 Å². The molecule has 2 amide bonds. The summed E-state index contributed by atoms with van der Waals surface area (Å²) in [6.07, 6.45) is 6.28. The van der Waals surface area contributed by atoms with E-state index in [0.29, 0.717) is 6.42 Å². The molecular formula is C26H32N4O3. The lowest BCUT2D eigenvalue weighted by Gasteiger charge is -2.31. The van der Waals surface area contributed by atoms with Gasteiger partial charge < -0.3 is 20.0 Å². The molecule has 2 aromatic carbocycles. The molecule has 0 bridgehead atoms. The zero-order chi connectivity index (χ0) is 23.4. The van der Waals surface area contributed by atoms with Crippen molar-refractivity contribution in [3.05, 3.63) is 71.6 Å². The summed E-state index contributed by atoms with van der Waals surface area (Å²) in [6.45, 7) is 6.83. The summed E-state index contributed by atoms with van der Waals surface area (Å²) < 4.78 is 5.74. The van der Waals surface area contributed by atoms with Crippen molar-refractivity contribution < 1.29 is 14.3 Å². The number of hydrogen-bond donors (Lipinski definition) is 2. The maximum Gasteiger partial charge on any atom is 0.251 e. The Labute approximate surface area is 195 Å². The maximum absolute atomic E-state index is 13.1. The fraction of sp³-hybridized carbons (Fsp3) is 0.385. The lowest BCUT2D eigenvalue weighted by Crippen LogP contribution is -2.49. The van der Waals surface area contributed by atoms with Crippen LogP contribution in [-0.2, 0) is 9.59 Å². The normalized spacial score (nSPS) is 19.5. The molecule has 0 aromatic heterocycles. The number of benzene rings is 2. The van der Waals surface area contributed by atoms with Gasteiger partial charge in [-0.15, -0.1) is 0 Å². The van der Waals surface area contributed by atoms with E-state index in [1.54, 1.807) is 6.20 Å². The van der Waals surface area contributed by atoms with E-state index in [2.05, 4.69) is 17.7 Å². The number of fused-ring (bicyclic) bond motifs is 1. The zero-order valence-electron chi connectivity index (χ0n) is 19.5. The van der Waals surface area contributed by atoms with Gasteiger partial charge in [0.2, 0.25) is 5.91 Å². The van der Waals surface area contributed by atoms with Gasteiger partial charge in [-0.25, -0.2) is 5.43 Å². The van der Waals surface area contributed by atoms with Gasteiger partial charge in [-0.05, 0) is 61.6 Å². The number of aryl methyl sites for hydroxylation is 1. The van der Waals surface area contributed by atoms with E-state index in [1.807, 2.05) is 67.5 Å². The molecule has 174 valence electrons. The van der Waals surface area contributed by atoms with Gasteiger partial charge in [0.25, 0.3) is 5.91 Å². The molecule has 2 unspecified atom stereocenters. The molecule has 4 rings (SSSR count). The van der Waals surface area contributed by atoms with Crippen molar-refractivity contribution >= 4 is 17.5 Å². The Balaban J connectivity index is 1.35. The first-order chi connectivity index (χ1) is 16.0. The topological polar surface area (TPSA) is 73.9 Å². The molecule has 2 heterocycles. The van der Waals surface area contributed by atoms with E-state index in [9.17, 15) is 9.59 Å². The van der Waals surface area contributed by atoms with Gasteiger partial charge in [-0.1, -0.05) is 37.6 Å². The molecule has 33 heavy (non-hydrogen) atoms. The first kappa shape index (κ1) is 22.9. The van der Waals surface area contributed by atoms with Gasteiger partial charge in [0.05, 0.1) is 12.6 Å². The Morgan fingerprint density at radius 2 is 1.94 bits per heavy atom. The van der Waals surface area contributed by atoms with Crippen LogP contribution in [0.2, 0.25) is 0 Å². The molecule has 2 atom stereocenters. The van der Waals surface area contributed by atoms with Gasteiger partial charge in [-0.2, -0.15) is 0 Å². The van der Waals surface area contributed by atoms with Gasteiger partial charge in [0.15, 0.2) is 0 Å². The first-order valence-corrected chi connectivity index (χ1v) is 11.6. The molecule has 2 aliphatic heterocycles. The second-order valence-corrected chi connectivity index (χ2v) is 8.67. The van der Waals surface area contributed by atoms with E-state index >= 15 is 0 Å². The summed E-state index contributed by atoms with van der Waals surface area (Å²) in [5, 5.41) is 4.77. The van der Waals surface area contributed by atoms with E-state index in [4.69, 9.17) is 4.74 Å². The number of nitrogens with zero attached hydrogens (tertiary/aromatic N) is 2. The van der Waals surface area contributed by atoms with Crippen LogP contribution in [0.3, 0.4) is 0 Å². The Kier molecular flexibility index (Phi) is 6.99. The third-order valence-electron chi connectivity index (χ3n) is 6.32. The summed E-state index contributed by atoms with van der Waals surface area (Å²) >= 11 is 0. The van der Waals surface area contributed by atoms with Crippen molar-refractivity contribution in [2.24, 2.45) is 0 Å². The van der Waals surface area contributed by atoms with E-state index in [1.165, 1.54) is 4.90 Å². The number of carbonyl (C=O) groups excluding carboxylic acids is 2. The summed E-state index contributed by atoms with van der Waals surface area (Å²) in [6, 6.07) is 13.5. The van der Waals surface area contributed by atoms with Crippen LogP contribution in [0.5, 0.6) is 5.75 Å². The van der Waals surface area contributed by atoms with Gasteiger partial charge >= 0.3 is 0 Å². The number of ether oxygens (including phenoxy) is 1. The highest BCUT2D eigenvalue weighted by Crippen LogP contribution is 2.31. The molecule has 0 spiro atoms. The van der Waals surface area contributed by atoms with Gasteiger partial charge in [-0.3, -0.25) is 9.59 Å². The van der Waals surface area contributed by atoms with Crippen molar-refractivity contribution in [2.45, 2.75) is 52.1 Å². The minimum absolute atomic E-state index is 0.0124. The smallest absolute Gasteiger partial charge is 0.251 e. The van der Waals surface area contributed by atoms with Crippen LogP contribution in [0.15, 0.2) is 54.9 Å². The van der Waals surface area contributed by atoms with Crippen LogP contribution in [0, 0.1) is 13.8 Å². The Bertz CT molecular complexity index is 1030. The number of unbranched alkanes of at least 4 members (excludes halogenated alkanes) is 1. The molecule has 2 N–H and O–H groups in total. The predicted octanol–water partition coefficient (Wildman–Crippen LogP) is 4.05. The Morgan fingerprint density at radius 3 is 2.70 bits per heavy atom. The highest BCUT2D eigenvalue weighted by atomic mass is 16.5. The van der Waals surface area contributed by atoms with Crippen molar-refractivity contribution in [3.63, 3.8) is 0 Å². The van der Waals surface area contributed by atoms with Gasteiger partial charge in [0, 0.05) is 18.1 Å². The number of hydrogen-bond acceptors (Lipinski definition) is 5. The van der Waals surface area contributed by atoms with Crippen molar-refractivity contribution in [2.75, 3.05) is 18.5 Å². The van der Waals surface area contributed by atoms with Crippen molar-refractivity contribution in [1.29, 1.82) is 0 Å². The lowest BCUT2D eigenvalue weighted by atomic mass is 10.0. The molecule has 0 aliphatic carbocycles. The van der Waals surface area contributed by atoms with Crippen LogP contribution in [-0.4, -0.2) is 40.9 Å². The molecule has 2 aliphatic rings. The first-order valence-electron chi connectivity index (χ1n) is 11.6. The fourth-order valence-electron chi connectivity index (χ4n) is 4.15. The fourth-order valence-corrected chi connectivity index (χ4v) is 4.15. The maximum atomic E-state index is 13.1. The zero-order valence-corrected chi connectivity index (χ0v) is 19.5. The predicted molar refractivity (Wildman–Crippen MR) is 128 cm³/mol. The van der Waals surface area contributed by atoms with Crippen LogP contribution in [0.25, 0.3) is 0 Å². The molecule has 0 saturated carbocycles. The minimum atomic E-state index is -0.339. The number of nitrogens with one attached hydrogen (secondary N) is 2. The van der Waals surface area contributed by atoms with Crippen LogP contribution < -0.4 is 15.5 Å². The third-order valence-corrected chi connectivity index (χ3v) is 6.32. The number of amides is 2. The number of anilines is 1. The minimum Gasteiger partial charge on any atom is -0.494 e. The lowest BCUT2D eigenvalue weighted by molar-refractivity contribution is -0.137. The monoisotopic (exact) mass is 448 g/mol. The van der Waals surface area contributed by atoms with Crippen molar-refractivity contribution in [1.82, 2.24) is 15.3 Å². The second-order valence-electron chi connectivity index (χ2n) is 8.67. The van der Waals surface area contributed by atoms with Gasteiger partial charge in [0.1, 0.15) is 18.3 Å².